The molecule has 0 spiro atoms. The van der Waals surface area contributed by atoms with E-state index in [2.05, 4.69) is 4.98 Å². The third-order valence-corrected chi connectivity index (χ3v) is 1.23. The van der Waals surface area contributed by atoms with Crippen molar-refractivity contribution in [1.82, 2.24) is 4.98 Å². The van der Waals surface area contributed by atoms with Crippen LogP contribution in [0.2, 0.25) is 0 Å². The molecule has 0 aliphatic rings. The van der Waals surface area contributed by atoms with Gasteiger partial charge in [-0.3, -0.25) is 4.98 Å². The van der Waals surface area contributed by atoms with Crippen molar-refractivity contribution in [3.63, 3.8) is 0 Å². The van der Waals surface area contributed by atoms with Gasteiger partial charge in [-0.1, -0.05) is 13.8 Å². The summed E-state index contributed by atoms with van der Waals surface area (Å²) in [7, 11) is 0. The number of hydrogen-bond donors (Lipinski definition) is 1. The predicted octanol–water partition coefficient (Wildman–Crippen LogP) is 2.37. The van der Waals surface area contributed by atoms with Crippen molar-refractivity contribution < 1.29 is 1.43 Å². The van der Waals surface area contributed by atoms with Gasteiger partial charge in [0.05, 0.1) is 0 Å². The van der Waals surface area contributed by atoms with E-state index in [0.717, 1.165) is 5.56 Å². The van der Waals surface area contributed by atoms with Gasteiger partial charge >= 0.3 is 0 Å². The molecule has 0 aromatic carbocycles. The Hall–Kier alpha value is -0.890. The third kappa shape index (κ3) is 3.73. The first-order valence-corrected chi connectivity index (χ1v) is 3.96. The molecule has 0 radical (unpaired) electrons. The Morgan fingerprint density at radius 3 is 2.09 bits per heavy atom. The molecular weight excluding hydrogens is 136 g/mol. The maximum absolute atomic E-state index is 5.59. The molecule has 1 atom stereocenters. The van der Waals surface area contributed by atoms with Crippen LogP contribution in [0.5, 0.6) is 0 Å². The Bertz CT molecular complexity index is 175. The number of hydrogen-bond acceptors (Lipinski definition) is 2. The first-order chi connectivity index (χ1) is 5.30. The molecule has 1 aromatic heterocycles. The molecule has 0 saturated carbocycles. The highest BCUT2D eigenvalue weighted by atomic mass is 14.6. The highest BCUT2D eigenvalue weighted by Crippen LogP contribution is 2.05. The summed E-state index contributed by atoms with van der Waals surface area (Å²) < 4.78 is 0. The van der Waals surface area contributed by atoms with E-state index < -0.39 is 0 Å². The fourth-order valence-corrected chi connectivity index (χ4v) is 0.667. The summed E-state index contributed by atoms with van der Waals surface area (Å²) in [6, 6.07) is 3.96. The van der Waals surface area contributed by atoms with E-state index >= 15 is 0 Å². The zero-order valence-electron chi connectivity index (χ0n) is 7.41. The quantitative estimate of drug-likeness (QED) is 0.674. The molecule has 2 heteroatoms. The van der Waals surface area contributed by atoms with Crippen molar-refractivity contribution in [3.05, 3.63) is 30.1 Å². The van der Waals surface area contributed by atoms with Crippen LogP contribution in [0.4, 0.5) is 0 Å². The van der Waals surface area contributed by atoms with Crippen LogP contribution in [0, 0.1) is 0 Å². The Kier molecular flexibility index (Phi) is 5.39. The second kappa shape index (κ2) is 5.86. The summed E-state index contributed by atoms with van der Waals surface area (Å²) in [6.45, 7) is 5.95. The lowest BCUT2D eigenvalue weighted by molar-refractivity contribution is 0.815. The van der Waals surface area contributed by atoms with Crippen molar-refractivity contribution in [3.8, 4) is 0 Å². The Morgan fingerprint density at radius 1 is 1.36 bits per heavy atom. The van der Waals surface area contributed by atoms with E-state index in [1.165, 1.54) is 0 Å². The minimum absolute atomic E-state index is 0. The largest absolute Gasteiger partial charge is 0.324 e. The average molecular weight is 154 g/mol. The minimum atomic E-state index is 0. The second-order valence-corrected chi connectivity index (χ2v) is 2.07. The molecule has 1 rings (SSSR count). The van der Waals surface area contributed by atoms with Gasteiger partial charge in [0.2, 0.25) is 0 Å². The molecule has 2 nitrogen and oxygen atoms in total. The highest BCUT2D eigenvalue weighted by molar-refractivity contribution is 5.12. The van der Waals surface area contributed by atoms with Crippen LogP contribution < -0.4 is 5.73 Å². The van der Waals surface area contributed by atoms with Crippen LogP contribution in [0.1, 0.15) is 33.8 Å². The van der Waals surface area contributed by atoms with Crippen molar-refractivity contribution >= 4 is 0 Å². The zero-order valence-corrected chi connectivity index (χ0v) is 7.41. The minimum Gasteiger partial charge on any atom is -0.324 e. The van der Waals surface area contributed by atoms with Crippen molar-refractivity contribution in [2.24, 2.45) is 5.73 Å². The molecule has 0 aliphatic carbocycles. The van der Waals surface area contributed by atoms with Gasteiger partial charge in [0, 0.05) is 19.9 Å². The Morgan fingerprint density at radius 2 is 1.82 bits per heavy atom. The molecule has 0 saturated heterocycles. The van der Waals surface area contributed by atoms with Gasteiger partial charge in [-0.2, -0.15) is 0 Å². The van der Waals surface area contributed by atoms with Crippen LogP contribution in [0.3, 0.4) is 0 Å². The lowest BCUT2D eigenvalue weighted by atomic mass is 10.1. The molecule has 0 fully saturated rings. The lowest BCUT2D eigenvalue weighted by Gasteiger charge is -2.01. The number of pyridine rings is 1. The molecule has 1 heterocycles. The summed E-state index contributed by atoms with van der Waals surface area (Å²) in [5.74, 6) is 0. The van der Waals surface area contributed by atoms with Gasteiger partial charge < -0.3 is 5.73 Å². The van der Waals surface area contributed by atoms with Crippen LogP contribution in [0.15, 0.2) is 24.5 Å². The van der Waals surface area contributed by atoms with Gasteiger partial charge in [0.1, 0.15) is 0 Å². The SMILES string of the molecule is CC.C[C@H](N)c1ccncc1.[HH]. The monoisotopic (exact) mass is 154 g/mol. The summed E-state index contributed by atoms with van der Waals surface area (Å²) in [5.41, 5.74) is 6.72. The fourth-order valence-electron chi connectivity index (χ4n) is 0.667. The van der Waals surface area contributed by atoms with Crippen LogP contribution in [0.25, 0.3) is 0 Å². The van der Waals surface area contributed by atoms with E-state index in [9.17, 15) is 0 Å². The second-order valence-electron chi connectivity index (χ2n) is 2.07. The van der Waals surface area contributed by atoms with Gasteiger partial charge in [-0.15, -0.1) is 0 Å². The third-order valence-electron chi connectivity index (χ3n) is 1.23. The smallest absolute Gasteiger partial charge is 0.0271 e. The van der Waals surface area contributed by atoms with Gasteiger partial charge in [0.25, 0.3) is 0 Å². The van der Waals surface area contributed by atoms with E-state index in [0.29, 0.717) is 0 Å². The number of aromatic nitrogens is 1. The van der Waals surface area contributed by atoms with Gasteiger partial charge in [-0.25, -0.2) is 0 Å². The molecule has 64 valence electrons. The van der Waals surface area contributed by atoms with E-state index in [1.807, 2.05) is 32.9 Å². The van der Waals surface area contributed by atoms with Gasteiger partial charge in [-0.05, 0) is 24.6 Å². The van der Waals surface area contributed by atoms with Crippen molar-refractivity contribution in [2.75, 3.05) is 0 Å². The molecule has 0 bridgehead atoms. The molecule has 11 heavy (non-hydrogen) atoms. The Balaban J connectivity index is 0. The summed E-state index contributed by atoms with van der Waals surface area (Å²) in [4.78, 5) is 3.87. The summed E-state index contributed by atoms with van der Waals surface area (Å²) in [5, 5.41) is 0. The number of nitrogens with zero attached hydrogens (tertiary/aromatic N) is 1. The van der Waals surface area contributed by atoms with E-state index in [1.54, 1.807) is 12.4 Å². The van der Waals surface area contributed by atoms with Crippen molar-refractivity contribution in [1.29, 1.82) is 0 Å². The lowest BCUT2D eigenvalue weighted by Crippen LogP contribution is -2.04. The van der Waals surface area contributed by atoms with Gasteiger partial charge in [0.15, 0.2) is 0 Å². The molecule has 0 aliphatic heterocycles. The Labute approximate surface area is 69.9 Å². The maximum Gasteiger partial charge on any atom is 0.0271 e. The average Bonchev–Trinajstić information content (AvgIpc) is 2.10. The molecular formula is C9H18N2. The first-order valence-electron chi connectivity index (χ1n) is 3.96. The molecule has 1 aromatic rings. The normalized spacial score (nSPS) is 11.3. The van der Waals surface area contributed by atoms with Crippen LogP contribution in [-0.4, -0.2) is 4.98 Å². The first kappa shape index (κ1) is 10.1. The summed E-state index contributed by atoms with van der Waals surface area (Å²) >= 11 is 0. The standard InChI is InChI=1S/C7H10N2.C2H6.H2/c1-6(8)7-2-4-9-5-3-7;1-2;/h2-6H,8H2,1H3;1-2H3;1H/t6-;;/m0../s1. The molecule has 2 N–H and O–H groups in total. The highest BCUT2D eigenvalue weighted by Gasteiger charge is 1.94. The summed E-state index contributed by atoms with van der Waals surface area (Å²) in [6.07, 6.45) is 3.50. The molecule has 0 amide bonds. The number of rotatable bonds is 1. The number of nitrogens with two attached hydrogens (primary N) is 1. The van der Waals surface area contributed by atoms with E-state index in [4.69, 9.17) is 5.73 Å². The van der Waals surface area contributed by atoms with Crippen LogP contribution >= 0.6 is 0 Å². The molecule has 0 unspecified atom stereocenters. The maximum atomic E-state index is 5.59. The zero-order chi connectivity index (χ0) is 8.69. The topological polar surface area (TPSA) is 38.9 Å². The predicted molar refractivity (Wildman–Crippen MR) is 50.3 cm³/mol. The van der Waals surface area contributed by atoms with E-state index in [-0.39, 0.29) is 7.47 Å². The van der Waals surface area contributed by atoms with Crippen LogP contribution in [-0.2, 0) is 0 Å². The fraction of sp³-hybridized carbons (Fsp3) is 0.444. The van der Waals surface area contributed by atoms with Crippen molar-refractivity contribution in [2.45, 2.75) is 26.8 Å².